The SMILES string of the molecule is C1CCCCCC1.C1CCNNCC1.O=c1ccnccn1. The number of hydrogen-bond donors (Lipinski definition) is 2. The van der Waals surface area contributed by atoms with Gasteiger partial charge >= 0.3 is 0 Å². The van der Waals surface area contributed by atoms with Gasteiger partial charge in [-0.2, -0.15) is 0 Å². The second-order valence-electron chi connectivity index (χ2n) is 5.62. The Hall–Kier alpha value is -1.33. The summed E-state index contributed by atoms with van der Waals surface area (Å²) in [6, 6.07) is 1.31. The van der Waals surface area contributed by atoms with Crippen molar-refractivity contribution in [2.75, 3.05) is 13.1 Å². The Kier molecular flexibility index (Phi) is 12.4. The molecule has 124 valence electrons. The first-order valence-electron chi connectivity index (χ1n) is 8.61. The molecule has 0 atom stereocenters. The molecule has 1 aromatic heterocycles. The van der Waals surface area contributed by atoms with E-state index < -0.39 is 0 Å². The quantitative estimate of drug-likeness (QED) is 0.722. The third-order valence-corrected chi connectivity index (χ3v) is 3.64. The lowest BCUT2D eigenvalue weighted by molar-refractivity contribution is 0.573. The second-order valence-corrected chi connectivity index (χ2v) is 5.62. The summed E-state index contributed by atoms with van der Waals surface area (Å²) in [4.78, 5) is 17.4. The molecule has 2 N–H and O–H groups in total. The van der Waals surface area contributed by atoms with E-state index >= 15 is 0 Å². The third kappa shape index (κ3) is 12.4. The summed E-state index contributed by atoms with van der Waals surface area (Å²) in [6.07, 6.45) is 18.8. The van der Waals surface area contributed by atoms with Crippen LogP contribution in [0.25, 0.3) is 0 Å². The van der Waals surface area contributed by atoms with Gasteiger partial charge < -0.3 is 0 Å². The summed E-state index contributed by atoms with van der Waals surface area (Å²) in [7, 11) is 0. The fourth-order valence-electron chi connectivity index (χ4n) is 2.36. The standard InChI is InChI=1S/C7H14.C5H4N2O.C5H12N2/c1-2-4-6-7-5-3-1;8-5-1-2-6-3-4-7-5;1-2-4-6-7-5-3-1/h1-7H2;1-4H;6-7H,1-5H2. The molecule has 1 aliphatic carbocycles. The Balaban J connectivity index is 0.000000166. The number of nitrogens with zero attached hydrogens (tertiary/aromatic N) is 2. The van der Waals surface area contributed by atoms with Crippen LogP contribution in [0.5, 0.6) is 0 Å². The molecule has 5 nitrogen and oxygen atoms in total. The monoisotopic (exact) mass is 306 g/mol. The van der Waals surface area contributed by atoms with Crippen molar-refractivity contribution in [2.24, 2.45) is 0 Å². The molecule has 0 amide bonds. The van der Waals surface area contributed by atoms with Gasteiger partial charge in [0.1, 0.15) is 0 Å². The topological polar surface area (TPSA) is 66.9 Å². The van der Waals surface area contributed by atoms with Gasteiger partial charge in [-0.3, -0.25) is 20.6 Å². The molecule has 1 saturated heterocycles. The van der Waals surface area contributed by atoms with E-state index in [1.54, 1.807) is 0 Å². The summed E-state index contributed by atoms with van der Waals surface area (Å²) < 4.78 is 0. The first kappa shape index (κ1) is 18.7. The van der Waals surface area contributed by atoms with Crippen molar-refractivity contribution in [3.8, 4) is 0 Å². The molecule has 1 saturated carbocycles. The van der Waals surface area contributed by atoms with Crippen molar-refractivity contribution in [1.29, 1.82) is 0 Å². The maximum Gasteiger partial charge on any atom is 0.271 e. The lowest BCUT2D eigenvalue weighted by Gasteiger charge is -1.95. The summed E-state index contributed by atoms with van der Waals surface area (Å²) in [5.74, 6) is 0. The van der Waals surface area contributed by atoms with Gasteiger partial charge in [0.25, 0.3) is 5.56 Å². The van der Waals surface area contributed by atoms with Crippen LogP contribution in [-0.2, 0) is 0 Å². The highest BCUT2D eigenvalue weighted by molar-refractivity contribution is 4.78. The molecule has 2 aliphatic rings. The van der Waals surface area contributed by atoms with Crippen molar-refractivity contribution in [3.63, 3.8) is 0 Å². The lowest BCUT2D eigenvalue weighted by atomic mass is 10.2. The van der Waals surface area contributed by atoms with Crippen molar-refractivity contribution >= 4 is 0 Å². The van der Waals surface area contributed by atoms with Crippen LogP contribution in [0.15, 0.2) is 29.5 Å². The van der Waals surface area contributed by atoms with Gasteiger partial charge in [0.15, 0.2) is 0 Å². The minimum Gasteiger partial charge on any atom is -0.267 e. The minimum absolute atomic E-state index is 0.262. The predicted octanol–water partition coefficient (Wildman–Crippen LogP) is 2.83. The minimum atomic E-state index is -0.262. The number of nitrogens with one attached hydrogen (secondary N) is 2. The normalized spacial score (nSPS) is 18.4. The number of rotatable bonds is 0. The molecular formula is C17H30N4O. The zero-order valence-electron chi connectivity index (χ0n) is 13.6. The number of hydrazine groups is 1. The highest BCUT2D eigenvalue weighted by Gasteiger charge is 1.95. The Labute approximate surface area is 133 Å². The Bertz CT molecular complexity index is 339. The molecule has 2 fully saturated rings. The number of hydrogen-bond acceptors (Lipinski definition) is 5. The van der Waals surface area contributed by atoms with E-state index in [2.05, 4.69) is 20.8 Å². The lowest BCUT2D eigenvalue weighted by Crippen LogP contribution is -2.30. The first-order valence-corrected chi connectivity index (χ1v) is 8.61. The molecule has 0 bridgehead atoms. The van der Waals surface area contributed by atoms with Crippen molar-refractivity contribution in [1.82, 2.24) is 20.8 Å². The molecule has 1 aliphatic heterocycles. The fourth-order valence-corrected chi connectivity index (χ4v) is 2.36. The first-order chi connectivity index (χ1) is 10.9. The molecule has 1 aromatic rings. The van der Waals surface area contributed by atoms with Crippen molar-refractivity contribution in [3.05, 3.63) is 35.0 Å². The molecule has 0 aromatic carbocycles. The predicted molar refractivity (Wildman–Crippen MR) is 90.5 cm³/mol. The van der Waals surface area contributed by atoms with E-state index in [9.17, 15) is 4.79 Å². The van der Waals surface area contributed by atoms with Gasteiger partial charge in [-0.05, 0) is 12.8 Å². The van der Waals surface area contributed by atoms with Gasteiger partial charge in [-0.15, -0.1) is 0 Å². The highest BCUT2D eigenvalue weighted by atomic mass is 16.1. The van der Waals surface area contributed by atoms with Crippen LogP contribution in [0.4, 0.5) is 0 Å². The van der Waals surface area contributed by atoms with E-state index in [0.29, 0.717) is 0 Å². The largest absolute Gasteiger partial charge is 0.271 e. The molecule has 0 radical (unpaired) electrons. The maximum atomic E-state index is 10.3. The molecule has 2 heterocycles. The van der Waals surface area contributed by atoms with E-state index in [1.807, 2.05) is 0 Å². The van der Waals surface area contributed by atoms with Gasteiger partial charge in [0.05, 0.1) is 0 Å². The third-order valence-electron chi connectivity index (χ3n) is 3.64. The fraction of sp³-hybridized carbons (Fsp3) is 0.706. The Morgan fingerprint density at radius 3 is 1.73 bits per heavy atom. The summed E-state index contributed by atoms with van der Waals surface area (Å²) in [5.41, 5.74) is 5.93. The van der Waals surface area contributed by atoms with Gasteiger partial charge in [0, 0.05) is 37.7 Å². The van der Waals surface area contributed by atoms with E-state index in [1.165, 1.54) is 88.9 Å². The smallest absolute Gasteiger partial charge is 0.267 e. The van der Waals surface area contributed by atoms with Crippen LogP contribution in [-0.4, -0.2) is 23.1 Å². The maximum absolute atomic E-state index is 10.3. The van der Waals surface area contributed by atoms with Crippen LogP contribution in [0.2, 0.25) is 0 Å². The summed E-state index contributed by atoms with van der Waals surface area (Å²) in [5, 5.41) is 0. The van der Waals surface area contributed by atoms with Crippen LogP contribution < -0.4 is 16.4 Å². The summed E-state index contributed by atoms with van der Waals surface area (Å²) >= 11 is 0. The van der Waals surface area contributed by atoms with Crippen molar-refractivity contribution in [2.45, 2.75) is 64.2 Å². The zero-order valence-corrected chi connectivity index (χ0v) is 13.6. The highest BCUT2D eigenvalue weighted by Crippen LogP contribution is 2.15. The average Bonchev–Trinajstić information content (AvgIpc) is 3.08. The van der Waals surface area contributed by atoms with Gasteiger partial charge in [-0.25, -0.2) is 4.98 Å². The molecule has 22 heavy (non-hydrogen) atoms. The summed E-state index contributed by atoms with van der Waals surface area (Å²) in [6.45, 7) is 2.28. The molecule has 0 spiro atoms. The van der Waals surface area contributed by atoms with Crippen LogP contribution in [0, 0.1) is 0 Å². The van der Waals surface area contributed by atoms with E-state index in [0.717, 1.165) is 13.1 Å². The van der Waals surface area contributed by atoms with E-state index in [-0.39, 0.29) is 5.56 Å². The Morgan fingerprint density at radius 1 is 0.682 bits per heavy atom. The van der Waals surface area contributed by atoms with Gasteiger partial charge in [-0.1, -0.05) is 51.4 Å². The van der Waals surface area contributed by atoms with Crippen LogP contribution in [0.3, 0.4) is 0 Å². The van der Waals surface area contributed by atoms with Gasteiger partial charge in [0.2, 0.25) is 0 Å². The van der Waals surface area contributed by atoms with Crippen LogP contribution in [0.1, 0.15) is 64.2 Å². The number of aromatic nitrogens is 2. The second kappa shape index (κ2) is 14.6. The molecule has 3 rings (SSSR count). The average molecular weight is 306 g/mol. The van der Waals surface area contributed by atoms with E-state index in [4.69, 9.17) is 0 Å². The molecule has 0 unspecified atom stereocenters. The zero-order chi connectivity index (χ0) is 15.7. The van der Waals surface area contributed by atoms with Crippen molar-refractivity contribution < 1.29 is 0 Å². The van der Waals surface area contributed by atoms with Crippen LogP contribution >= 0.6 is 0 Å². The molecular weight excluding hydrogens is 276 g/mol. The Morgan fingerprint density at radius 2 is 1.18 bits per heavy atom. The molecule has 5 heteroatoms.